The second-order valence-electron chi connectivity index (χ2n) is 8.59. The van der Waals surface area contributed by atoms with E-state index in [-0.39, 0.29) is 5.69 Å². The van der Waals surface area contributed by atoms with Gasteiger partial charge in [0.25, 0.3) is 5.91 Å². The van der Waals surface area contributed by atoms with Crippen molar-refractivity contribution in [1.82, 2.24) is 24.5 Å². The average Bonchev–Trinajstić information content (AvgIpc) is 3.50. The van der Waals surface area contributed by atoms with Crippen LogP contribution in [0.3, 0.4) is 0 Å². The number of hydrogen-bond donors (Lipinski definition) is 3. The number of aliphatic hydroxyl groups excluding tert-OH is 1. The summed E-state index contributed by atoms with van der Waals surface area (Å²) in [5.74, 6) is 5.17. The number of carbonyl (C=O) groups is 1. The molecule has 5 rings (SSSR count). The van der Waals surface area contributed by atoms with Crippen molar-refractivity contribution in [1.29, 1.82) is 0 Å². The molecule has 9 nitrogen and oxygen atoms in total. The summed E-state index contributed by atoms with van der Waals surface area (Å²) in [6.07, 6.45) is 2.97. The molecule has 1 fully saturated rings. The van der Waals surface area contributed by atoms with Gasteiger partial charge in [-0.2, -0.15) is 10.2 Å². The van der Waals surface area contributed by atoms with Gasteiger partial charge in [-0.1, -0.05) is 24.0 Å². The third-order valence-corrected chi connectivity index (χ3v) is 6.16. The largest absolute Gasteiger partial charge is 0.374 e. The summed E-state index contributed by atoms with van der Waals surface area (Å²) in [5, 5.41) is 30.2. The van der Waals surface area contributed by atoms with Gasteiger partial charge in [-0.25, -0.2) is 4.68 Å². The van der Waals surface area contributed by atoms with E-state index in [1.165, 1.54) is 0 Å². The summed E-state index contributed by atoms with van der Waals surface area (Å²) in [6.45, 7) is 0.558. The number of likely N-dealkylation sites (tertiary alicyclic amines) is 1. The molecule has 2 aromatic carbocycles. The van der Waals surface area contributed by atoms with Crippen molar-refractivity contribution < 1.29 is 15.0 Å². The number of primary amides is 1. The summed E-state index contributed by atoms with van der Waals surface area (Å²) >= 11 is 0. The first-order valence-corrected chi connectivity index (χ1v) is 10.8. The predicted molar refractivity (Wildman–Crippen MR) is 127 cm³/mol. The van der Waals surface area contributed by atoms with Crippen LogP contribution in [0, 0.1) is 11.8 Å². The highest BCUT2D eigenvalue weighted by molar-refractivity contribution is 6.05. The fourth-order valence-corrected chi connectivity index (χ4v) is 4.23. The van der Waals surface area contributed by atoms with Crippen LogP contribution in [0.4, 0.5) is 0 Å². The number of nitrogens with zero attached hydrogens (tertiary/aromatic N) is 5. The Bertz CT molecular complexity index is 1480. The van der Waals surface area contributed by atoms with Crippen molar-refractivity contribution in [2.24, 2.45) is 12.8 Å². The Morgan fingerprint density at radius 1 is 1.21 bits per heavy atom. The van der Waals surface area contributed by atoms with E-state index in [4.69, 9.17) is 5.73 Å². The number of amides is 1. The molecule has 1 amide bonds. The van der Waals surface area contributed by atoms with E-state index in [1.54, 1.807) is 27.5 Å². The summed E-state index contributed by atoms with van der Waals surface area (Å²) in [4.78, 5) is 13.8. The minimum Gasteiger partial charge on any atom is -0.374 e. The fraction of sp³-hybridized carbons (Fsp3) is 0.240. The molecule has 3 heterocycles. The highest BCUT2D eigenvalue weighted by atomic mass is 16.4. The normalized spacial score (nSPS) is 20.4. The summed E-state index contributed by atoms with van der Waals surface area (Å²) in [6, 6.07) is 13.0. The number of aryl methyl sites for hydroxylation is 1. The molecular weight excluding hydrogens is 432 g/mol. The standard InChI is InChI=1S/C25H24N6O3/c1-29-11-10-25(34,24(29)33)9-8-16-4-3-5-19(12-16)31-21-7-6-17(18-14-27-30(2)15-18)13-20(21)22(28-31)23(26)32/h3-7,12-15,24,33-34H,10-11H2,1-2H3,(H2,26,32). The van der Waals surface area contributed by atoms with E-state index in [2.05, 4.69) is 22.0 Å². The molecule has 1 saturated heterocycles. The van der Waals surface area contributed by atoms with Crippen molar-refractivity contribution in [3.63, 3.8) is 0 Å². The minimum atomic E-state index is -1.48. The first-order chi connectivity index (χ1) is 16.2. The summed E-state index contributed by atoms with van der Waals surface area (Å²) in [7, 11) is 3.58. The van der Waals surface area contributed by atoms with E-state index < -0.39 is 17.7 Å². The van der Waals surface area contributed by atoms with Gasteiger partial charge in [0.15, 0.2) is 11.3 Å². The predicted octanol–water partition coefficient (Wildman–Crippen LogP) is 1.26. The molecule has 0 radical (unpaired) electrons. The van der Waals surface area contributed by atoms with Gasteiger partial charge >= 0.3 is 0 Å². The van der Waals surface area contributed by atoms with Crippen LogP contribution >= 0.6 is 0 Å². The first kappa shape index (κ1) is 21.9. The fourth-order valence-electron chi connectivity index (χ4n) is 4.23. The minimum absolute atomic E-state index is 0.170. The summed E-state index contributed by atoms with van der Waals surface area (Å²) in [5.41, 5.74) is 8.20. The van der Waals surface area contributed by atoms with E-state index >= 15 is 0 Å². The van der Waals surface area contributed by atoms with Crippen LogP contribution in [-0.4, -0.2) is 66.0 Å². The van der Waals surface area contributed by atoms with Gasteiger partial charge in [-0.15, -0.1) is 0 Å². The second-order valence-corrected chi connectivity index (χ2v) is 8.59. The van der Waals surface area contributed by atoms with Gasteiger partial charge < -0.3 is 15.9 Å². The van der Waals surface area contributed by atoms with Gasteiger partial charge in [-0.3, -0.25) is 14.4 Å². The SMILES string of the molecule is CN1CCC(O)(C#Cc2cccc(-n3nc(C(N)=O)c4cc(-c5cnn(C)c5)ccc43)c2)C1O. The number of aromatic nitrogens is 4. The third-order valence-electron chi connectivity index (χ3n) is 6.16. The number of likely N-dealkylation sites (N-methyl/N-ethyl adjacent to an activating group) is 1. The maximum atomic E-state index is 12.2. The maximum absolute atomic E-state index is 12.2. The lowest BCUT2D eigenvalue weighted by molar-refractivity contribution is -0.0633. The van der Waals surface area contributed by atoms with Crippen LogP contribution in [0.25, 0.3) is 27.7 Å². The van der Waals surface area contributed by atoms with Gasteiger partial charge in [0.05, 0.1) is 17.4 Å². The van der Waals surface area contributed by atoms with Crippen molar-refractivity contribution in [3.8, 4) is 28.7 Å². The Labute approximate surface area is 196 Å². The van der Waals surface area contributed by atoms with E-state index in [9.17, 15) is 15.0 Å². The number of hydrogen-bond acceptors (Lipinski definition) is 6. The molecule has 0 saturated carbocycles. The molecule has 172 valence electrons. The number of carbonyl (C=O) groups excluding carboxylic acids is 1. The quantitative estimate of drug-likeness (QED) is 0.399. The lowest BCUT2D eigenvalue weighted by atomic mass is 10.0. The Morgan fingerprint density at radius 3 is 2.71 bits per heavy atom. The first-order valence-electron chi connectivity index (χ1n) is 10.8. The Balaban J connectivity index is 1.56. The monoisotopic (exact) mass is 456 g/mol. The number of rotatable bonds is 3. The maximum Gasteiger partial charge on any atom is 0.269 e. The van der Waals surface area contributed by atoms with Crippen molar-refractivity contribution >= 4 is 16.8 Å². The average molecular weight is 457 g/mol. The number of benzene rings is 2. The van der Waals surface area contributed by atoms with Crippen LogP contribution in [0.2, 0.25) is 0 Å². The molecule has 2 unspecified atom stereocenters. The van der Waals surface area contributed by atoms with Gasteiger partial charge in [-0.05, 0) is 42.9 Å². The highest BCUT2D eigenvalue weighted by Crippen LogP contribution is 2.29. The van der Waals surface area contributed by atoms with Crippen molar-refractivity contribution in [3.05, 3.63) is 66.1 Å². The topological polar surface area (TPSA) is 122 Å². The highest BCUT2D eigenvalue weighted by Gasteiger charge is 2.42. The van der Waals surface area contributed by atoms with E-state index in [1.807, 2.05) is 55.7 Å². The molecule has 0 spiro atoms. The zero-order chi connectivity index (χ0) is 24.0. The Hall–Kier alpha value is -3.97. The smallest absolute Gasteiger partial charge is 0.269 e. The van der Waals surface area contributed by atoms with Crippen LogP contribution < -0.4 is 5.73 Å². The van der Waals surface area contributed by atoms with Gasteiger partial charge in [0.2, 0.25) is 0 Å². The molecule has 0 bridgehead atoms. The number of aliphatic hydroxyl groups is 2. The molecule has 1 aliphatic heterocycles. The van der Waals surface area contributed by atoms with Gasteiger partial charge in [0, 0.05) is 42.7 Å². The Morgan fingerprint density at radius 2 is 2.03 bits per heavy atom. The molecule has 1 aliphatic rings. The third kappa shape index (κ3) is 3.74. The van der Waals surface area contributed by atoms with Crippen molar-refractivity contribution in [2.45, 2.75) is 18.2 Å². The number of nitrogens with two attached hydrogens (primary N) is 1. The molecule has 2 aromatic heterocycles. The molecule has 0 aliphatic carbocycles. The second kappa shape index (κ2) is 8.11. The molecular formula is C25H24N6O3. The van der Waals surface area contributed by atoms with E-state index in [0.29, 0.717) is 29.6 Å². The van der Waals surface area contributed by atoms with E-state index in [0.717, 1.165) is 16.6 Å². The van der Waals surface area contributed by atoms with Gasteiger partial charge in [0.1, 0.15) is 6.23 Å². The van der Waals surface area contributed by atoms with Crippen LogP contribution in [0.1, 0.15) is 22.5 Å². The molecule has 9 heteroatoms. The van der Waals surface area contributed by atoms with Crippen LogP contribution in [0.5, 0.6) is 0 Å². The molecule has 2 atom stereocenters. The molecule has 4 N–H and O–H groups in total. The zero-order valence-electron chi connectivity index (χ0n) is 18.8. The lowest BCUT2D eigenvalue weighted by Gasteiger charge is -2.22. The van der Waals surface area contributed by atoms with Crippen LogP contribution in [0.15, 0.2) is 54.9 Å². The number of fused-ring (bicyclic) bond motifs is 1. The van der Waals surface area contributed by atoms with Crippen LogP contribution in [-0.2, 0) is 7.05 Å². The zero-order valence-corrected chi connectivity index (χ0v) is 18.8. The lowest BCUT2D eigenvalue weighted by Crippen LogP contribution is -2.42. The molecule has 4 aromatic rings. The summed E-state index contributed by atoms with van der Waals surface area (Å²) < 4.78 is 3.37. The van der Waals surface area contributed by atoms with Crippen molar-refractivity contribution in [2.75, 3.05) is 13.6 Å². The molecule has 34 heavy (non-hydrogen) atoms. The Kier molecular flexibility index (Phi) is 5.21.